The number of H-pyrrole nitrogens is 1. The summed E-state index contributed by atoms with van der Waals surface area (Å²) in [7, 11) is 0. The van der Waals surface area contributed by atoms with Crippen molar-refractivity contribution in [3.63, 3.8) is 0 Å². The summed E-state index contributed by atoms with van der Waals surface area (Å²) in [4.78, 5) is 21.0. The third-order valence-electron chi connectivity index (χ3n) is 5.46. The lowest BCUT2D eigenvalue weighted by atomic mass is 9.92. The number of nitrogens with one attached hydrogen (secondary N) is 1. The molecule has 0 saturated heterocycles. The molecule has 0 aliphatic carbocycles. The van der Waals surface area contributed by atoms with Crippen molar-refractivity contribution in [3.05, 3.63) is 87.7 Å². The van der Waals surface area contributed by atoms with Crippen molar-refractivity contribution in [1.29, 1.82) is 0 Å². The maximum atomic E-state index is 13.3. The number of hydrogen-bond acceptors (Lipinski definition) is 3. The quantitative estimate of drug-likeness (QED) is 0.442. The lowest BCUT2D eigenvalue weighted by Crippen LogP contribution is -2.40. The van der Waals surface area contributed by atoms with Gasteiger partial charge in [-0.15, -0.1) is 23.1 Å². The molecule has 3 heterocycles. The Labute approximate surface area is 172 Å². The summed E-state index contributed by atoms with van der Waals surface area (Å²) in [5.41, 5.74) is 4.78. The molecule has 2 aromatic carbocycles. The molecule has 0 saturated carbocycles. The number of benzene rings is 2. The number of rotatable bonds is 3. The number of carbonyl (C=O) groups is 1. The monoisotopic (exact) mass is 404 g/mol. The molecule has 28 heavy (non-hydrogen) atoms. The molecule has 0 fully saturated rings. The van der Waals surface area contributed by atoms with E-state index in [1.807, 2.05) is 22.4 Å². The predicted octanol–water partition coefficient (Wildman–Crippen LogP) is 5.74. The summed E-state index contributed by atoms with van der Waals surface area (Å²) < 4.78 is 0. The fourth-order valence-electron chi connectivity index (χ4n) is 4.13. The van der Waals surface area contributed by atoms with Crippen LogP contribution in [0, 0.1) is 0 Å². The molecule has 0 spiro atoms. The van der Waals surface area contributed by atoms with Crippen LogP contribution in [0.5, 0.6) is 0 Å². The smallest absolute Gasteiger partial charge is 0.264 e. The Morgan fingerprint density at radius 1 is 1.11 bits per heavy atom. The molecule has 3 nitrogen and oxygen atoms in total. The summed E-state index contributed by atoms with van der Waals surface area (Å²) in [5.74, 6) is 0.109. The van der Waals surface area contributed by atoms with Gasteiger partial charge in [-0.05, 0) is 53.4 Å². The Morgan fingerprint density at radius 3 is 2.68 bits per heavy atom. The molecule has 1 amide bonds. The van der Waals surface area contributed by atoms with Gasteiger partial charge in [0.15, 0.2) is 0 Å². The molecule has 0 unspecified atom stereocenters. The van der Waals surface area contributed by atoms with Crippen molar-refractivity contribution in [1.82, 2.24) is 9.88 Å². The van der Waals surface area contributed by atoms with Crippen LogP contribution in [0.15, 0.2) is 70.9 Å². The molecule has 5 heteroatoms. The lowest BCUT2D eigenvalue weighted by Gasteiger charge is -2.36. The minimum absolute atomic E-state index is 0.0957. The van der Waals surface area contributed by atoms with E-state index in [9.17, 15) is 4.79 Å². The van der Waals surface area contributed by atoms with E-state index in [1.54, 1.807) is 11.8 Å². The zero-order valence-electron chi connectivity index (χ0n) is 15.5. The van der Waals surface area contributed by atoms with Gasteiger partial charge in [0.05, 0.1) is 10.9 Å². The molecule has 0 bridgehead atoms. The van der Waals surface area contributed by atoms with Crippen LogP contribution in [0.2, 0.25) is 0 Å². The van der Waals surface area contributed by atoms with Gasteiger partial charge in [0.25, 0.3) is 5.91 Å². The number of para-hydroxylation sites is 1. The minimum atomic E-state index is -0.0957. The molecule has 140 valence electrons. The Morgan fingerprint density at radius 2 is 1.93 bits per heavy atom. The molecular formula is C23H20N2OS2. The normalized spacial score (nSPS) is 16.3. The first-order valence-electron chi connectivity index (χ1n) is 9.34. The van der Waals surface area contributed by atoms with Crippen LogP contribution in [0.3, 0.4) is 0 Å². The largest absolute Gasteiger partial charge is 0.356 e. The van der Waals surface area contributed by atoms with Crippen LogP contribution in [-0.2, 0) is 6.42 Å². The van der Waals surface area contributed by atoms with Crippen molar-refractivity contribution in [2.45, 2.75) is 17.4 Å². The van der Waals surface area contributed by atoms with Gasteiger partial charge in [-0.1, -0.05) is 36.4 Å². The standard InChI is InChI=1S/C23H20N2OS2/c1-27-16-10-8-15(9-11-16)22-21-18(17-5-2-3-6-19(17)24-21)12-13-25(22)23(26)20-7-4-14-28-20/h2-11,14,22,24H,12-13H2,1H3/t22-/m1/s1. The molecule has 1 aliphatic heterocycles. The molecule has 1 atom stereocenters. The van der Waals surface area contributed by atoms with Crippen LogP contribution in [0.4, 0.5) is 0 Å². The second-order valence-corrected chi connectivity index (χ2v) is 8.79. The van der Waals surface area contributed by atoms with E-state index in [4.69, 9.17) is 0 Å². The van der Waals surface area contributed by atoms with Gasteiger partial charge in [0, 0.05) is 28.0 Å². The highest BCUT2D eigenvalue weighted by molar-refractivity contribution is 7.98. The van der Waals surface area contributed by atoms with Crippen LogP contribution in [-0.4, -0.2) is 28.6 Å². The summed E-state index contributed by atoms with van der Waals surface area (Å²) in [6.07, 6.45) is 2.95. The van der Waals surface area contributed by atoms with Gasteiger partial charge in [-0.2, -0.15) is 0 Å². The number of aromatic nitrogens is 1. The van der Waals surface area contributed by atoms with Crippen LogP contribution in [0.1, 0.15) is 32.5 Å². The van der Waals surface area contributed by atoms with E-state index in [0.717, 1.165) is 34.6 Å². The first kappa shape index (κ1) is 17.6. The molecule has 1 aliphatic rings. The van der Waals surface area contributed by atoms with Crippen molar-refractivity contribution in [3.8, 4) is 0 Å². The van der Waals surface area contributed by atoms with Gasteiger partial charge in [0.2, 0.25) is 0 Å². The highest BCUT2D eigenvalue weighted by Gasteiger charge is 2.35. The number of thiophene rings is 1. The second-order valence-electron chi connectivity index (χ2n) is 6.96. The highest BCUT2D eigenvalue weighted by atomic mass is 32.2. The fourth-order valence-corrected chi connectivity index (χ4v) is 5.22. The summed E-state index contributed by atoms with van der Waals surface area (Å²) in [6.45, 7) is 0.723. The molecule has 4 aromatic rings. The molecular weight excluding hydrogens is 384 g/mol. The number of aromatic amines is 1. The maximum absolute atomic E-state index is 13.3. The van der Waals surface area contributed by atoms with Gasteiger partial charge in [-0.3, -0.25) is 4.79 Å². The van der Waals surface area contributed by atoms with Crippen molar-refractivity contribution in [2.75, 3.05) is 12.8 Å². The number of fused-ring (bicyclic) bond motifs is 3. The van der Waals surface area contributed by atoms with Crippen LogP contribution < -0.4 is 0 Å². The van der Waals surface area contributed by atoms with Gasteiger partial charge in [0.1, 0.15) is 0 Å². The Hall–Kier alpha value is -2.50. The Bertz CT molecular complexity index is 1130. The van der Waals surface area contributed by atoms with Crippen LogP contribution in [0.25, 0.3) is 10.9 Å². The topological polar surface area (TPSA) is 36.1 Å². The minimum Gasteiger partial charge on any atom is -0.356 e. The van der Waals surface area contributed by atoms with Gasteiger partial charge >= 0.3 is 0 Å². The van der Waals surface area contributed by atoms with Crippen molar-refractivity contribution >= 4 is 39.9 Å². The number of nitrogens with zero attached hydrogens (tertiary/aromatic N) is 1. The summed E-state index contributed by atoms with van der Waals surface area (Å²) in [6, 6.07) is 20.8. The lowest BCUT2D eigenvalue weighted by molar-refractivity contribution is 0.0697. The maximum Gasteiger partial charge on any atom is 0.264 e. The average molecular weight is 405 g/mol. The summed E-state index contributed by atoms with van der Waals surface area (Å²) >= 11 is 3.24. The Kier molecular flexibility index (Phi) is 4.49. The SMILES string of the molecule is CSc1ccc([C@@H]2c3[nH]c4ccccc4c3CCN2C(=O)c2cccs2)cc1. The summed E-state index contributed by atoms with van der Waals surface area (Å²) in [5, 5.41) is 3.24. The zero-order chi connectivity index (χ0) is 19.1. The number of carbonyl (C=O) groups excluding carboxylic acids is 1. The number of thioether (sulfide) groups is 1. The van der Waals surface area contributed by atoms with E-state index in [0.29, 0.717) is 0 Å². The Balaban J connectivity index is 1.66. The first-order chi connectivity index (χ1) is 13.8. The van der Waals surface area contributed by atoms with Crippen LogP contribution >= 0.6 is 23.1 Å². The fraction of sp³-hybridized carbons (Fsp3) is 0.174. The third-order valence-corrected chi connectivity index (χ3v) is 7.06. The van der Waals surface area contributed by atoms with E-state index < -0.39 is 0 Å². The third kappa shape index (κ3) is 2.86. The van der Waals surface area contributed by atoms with Gasteiger partial charge in [-0.25, -0.2) is 0 Å². The zero-order valence-corrected chi connectivity index (χ0v) is 17.1. The van der Waals surface area contributed by atoms with E-state index in [-0.39, 0.29) is 11.9 Å². The molecule has 2 aromatic heterocycles. The van der Waals surface area contributed by atoms with E-state index >= 15 is 0 Å². The number of amides is 1. The average Bonchev–Trinajstić information content (AvgIpc) is 3.40. The highest BCUT2D eigenvalue weighted by Crippen LogP contribution is 2.39. The first-order valence-corrected chi connectivity index (χ1v) is 11.4. The second kappa shape index (κ2) is 7.15. The van der Waals surface area contributed by atoms with Crippen molar-refractivity contribution < 1.29 is 4.79 Å². The van der Waals surface area contributed by atoms with E-state index in [1.165, 1.54) is 27.2 Å². The van der Waals surface area contributed by atoms with Crippen molar-refractivity contribution in [2.24, 2.45) is 0 Å². The predicted molar refractivity (Wildman–Crippen MR) is 117 cm³/mol. The van der Waals surface area contributed by atoms with E-state index in [2.05, 4.69) is 59.8 Å². The molecule has 0 radical (unpaired) electrons. The number of hydrogen-bond donors (Lipinski definition) is 1. The molecule has 5 rings (SSSR count). The van der Waals surface area contributed by atoms with Gasteiger partial charge < -0.3 is 9.88 Å². The molecule has 1 N–H and O–H groups in total.